The number of carbonyl (C=O) groups excluding carboxylic acids is 2. The monoisotopic (exact) mass is 335 g/mol. The van der Waals surface area contributed by atoms with Gasteiger partial charge in [0.15, 0.2) is 0 Å². The average Bonchev–Trinajstić information content (AvgIpc) is 2.60. The van der Waals surface area contributed by atoms with Crippen molar-refractivity contribution in [1.82, 2.24) is 5.32 Å². The minimum atomic E-state index is -0.295. The van der Waals surface area contributed by atoms with E-state index in [4.69, 9.17) is 5.26 Å². The first-order valence-corrected chi connectivity index (χ1v) is 8.15. The molecule has 5 nitrogen and oxygen atoms in total. The Morgan fingerprint density at radius 3 is 2.48 bits per heavy atom. The van der Waals surface area contributed by atoms with Gasteiger partial charge in [-0.15, -0.1) is 0 Å². The summed E-state index contributed by atoms with van der Waals surface area (Å²) < 4.78 is 0. The van der Waals surface area contributed by atoms with Crippen LogP contribution in [0.1, 0.15) is 29.5 Å². The van der Waals surface area contributed by atoms with Gasteiger partial charge in [0.25, 0.3) is 0 Å². The van der Waals surface area contributed by atoms with Crippen molar-refractivity contribution in [1.29, 1.82) is 5.26 Å². The lowest BCUT2D eigenvalue weighted by Crippen LogP contribution is -2.21. The van der Waals surface area contributed by atoms with Crippen molar-refractivity contribution in [3.8, 4) is 6.07 Å². The molecule has 0 saturated carbocycles. The van der Waals surface area contributed by atoms with Crippen LogP contribution in [0.15, 0.2) is 48.5 Å². The van der Waals surface area contributed by atoms with Gasteiger partial charge in [0.1, 0.15) is 6.42 Å². The van der Waals surface area contributed by atoms with Crippen LogP contribution in [0, 0.1) is 18.3 Å². The second-order valence-electron chi connectivity index (χ2n) is 5.85. The highest BCUT2D eigenvalue weighted by Crippen LogP contribution is 2.11. The lowest BCUT2D eigenvalue weighted by atomic mass is 10.1. The topological polar surface area (TPSA) is 82.0 Å². The van der Waals surface area contributed by atoms with Crippen molar-refractivity contribution in [2.45, 2.75) is 32.7 Å². The molecule has 128 valence electrons. The van der Waals surface area contributed by atoms with E-state index in [0.717, 1.165) is 16.8 Å². The number of rotatable bonds is 7. The number of hydrogen-bond acceptors (Lipinski definition) is 3. The summed E-state index contributed by atoms with van der Waals surface area (Å²) in [6, 6.07) is 17.2. The number of aryl methyl sites for hydroxylation is 2. The molecule has 2 aromatic rings. The Bertz CT molecular complexity index is 776. The third-order valence-electron chi connectivity index (χ3n) is 3.69. The molecule has 0 spiro atoms. The fourth-order valence-electron chi connectivity index (χ4n) is 2.39. The molecular formula is C20H21N3O2. The average molecular weight is 335 g/mol. The minimum Gasteiger partial charge on any atom is -0.351 e. The summed E-state index contributed by atoms with van der Waals surface area (Å²) >= 11 is 0. The highest BCUT2D eigenvalue weighted by molar-refractivity contribution is 5.90. The van der Waals surface area contributed by atoms with Crippen LogP contribution in [0.3, 0.4) is 0 Å². The van der Waals surface area contributed by atoms with Gasteiger partial charge < -0.3 is 10.6 Å². The summed E-state index contributed by atoms with van der Waals surface area (Å²) in [7, 11) is 0. The fraction of sp³-hybridized carbons (Fsp3) is 0.250. The summed E-state index contributed by atoms with van der Waals surface area (Å²) in [5, 5.41) is 14.0. The van der Waals surface area contributed by atoms with Gasteiger partial charge in [-0.05, 0) is 36.6 Å². The van der Waals surface area contributed by atoms with Crippen molar-refractivity contribution in [2.24, 2.45) is 0 Å². The molecule has 2 N–H and O–H groups in total. The normalized spacial score (nSPS) is 9.92. The Balaban J connectivity index is 1.79. The molecule has 0 aliphatic heterocycles. The van der Waals surface area contributed by atoms with Gasteiger partial charge in [0, 0.05) is 18.7 Å². The van der Waals surface area contributed by atoms with Crippen LogP contribution in [0.5, 0.6) is 0 Å². The molecule has 0 atom stereocenters. The second kappa shape index (κ2) is 9.24. The predicted molar refractivity (Wildman–Crippen MR) is 96.6 cm³/mol. The zero-order valence-electron chi connectivity index (χ0n) is 14.2. The van der Waals surface area contributed by atoms with E-state index >= 15 is 0 Å². The maximum absolute atomic E-state index is 12.0. The van der Waals surface area contributed by atoms with Crippen LogP contribution in [0.4, 0.5) is 5.69 Å². The molecule has 2 amide bonds. The number of anilines is 1. The largest absolute Gasteiger partial charge is 0.351 e. The third-order valence-corrected chi connectivity index (χ3v) is 3.69. The number of amides is 2. The van der Waals surface area contributed by atoms with E-state index in [-0.39, 0.29) is 18.2 Å². The van der Waals surface area contributed by atoms with Crippen molar-refractivity contribution in [2.75, 3.05) is 5.32 Å². The number of nitriles is 1. The Labute approximate surface area is 147 Å². The Hall–Kier alpha value is -3.13. The smallest absolute Gasteiger partial charge is 0.234 e. The lowest BCUT2D eigenvalue weighted by molar-refractivity contribution is -0.120. The fourth-order valence-corrected chi connectivity index (χ4v) is 2.39. The maximum atomic E-state index is 12.0. The molecule has 0 unspecified atom stereocenters. The van der Waals surface area contributed by atoms with E-state index in [0.29, 0.717) is 19.4 Å². The number of benzene rings is 2. The lowest BCUT2D eigenvalue weighted by Gasteiger charge is -2.08. The van der Waals surface area contributed by atoms with E-state index in [1.54, 1.807) is 18.2 Å². The summed E-state index contributed by atoms with van der Waals surface area (Å²) in [5.41, 5.74) is 3.97. The predicted octanol–water partition coefficient (Wildman–Crippen LogP) is 3.10. The highest BCUT2D eigenvalue weighted by atomic mass is 16.2. The summed E-state index contributed by atoms with van der Waals surface area (Å²) in [4.78, 5) is 23.3. The van der Waals surface area contributed by atoms with Gasteiger partial charge in [0.05, 0.1) is 6.07 Å². The number of nitrogens with one attached hydrogen (secondary N) is 2. The number of hydrogen-bond donors (Lipinski definition) is 2. The van der Waals surface area contributed by atoms with Gasteiger partial charge in [-0.25, -0.2) is 0 Å². The molecule has 2 rings (SSSR count). The standard InChI is InChI=1S/C20H21N3O2/c1-15-3-2-4-16(13-15)7-10-20(25)23-18-8-5-17(6-9-18)14-22-19(24)11-12-21/h2-6,8-9,13H,7,10-11,14H2,1H3,(H,22,24)(H,23,25). The van der Waals surface area contributed by atoms with Crippen LogP contribution in [-0.4, -0.2) is 11.8 Å². The molecule has 5 heteroatoms. The van der Waals surface area contributed by atoms with Gasteiger partial charge in [-0.2, -0.15) is 5.26 Å². The van der Waals surface area contributed by atoms with Crippen LogP contribution < -0.4 is 10.6 Å². The van der Waals surface area contributed by atoms with Crippen molar-refractivity contribution < 1.29 is 9.59 Å². The minimum absolute atomic E-state index is 0.0309. The van der Waals surface area contributed by atoms with Crippen LogP contribution in [-0.2, 0) is 22.6 Å². The molecule has 0 aliphatic rings. The molecule has 0 aromatic heterocycles. The molecular weight excluding hydrogens is 314 g/mol. The maximum Gasteiger partial charge on any atom is 0.234 e. The first-order chi connectivity index (χ1) is 12.1. The summed E-state index contributed by atoms with van der Waals surface area (Å²) in [5.74, 6) is -0.326. The van der Waals surface area contributed by atoms with Gasteiger partial charge in [-0.1, -0.05) is 42.0 Å². The molecule has 0 bridgehead atoms. The number of carbonyl (C=O) groups is 2. The van der Waals surface area contributed by atoms with Gasteiger partial charge in [0.2, 0.25) is 11.8 Å². The molecule has 0 fully saturated rings. The van der Waals surface area contributed by atoms with Crippen LogP contribution >= 0.6 is 0 Å². The molecule has 0 heterocycles. The molecule has 0 aliphatic carbocycles. The van der Waals surface area contributed by atoms with E-state index in [1.807, 2.05) is 37.3 Å². The van der Waals surface area contributed by atoms with E-state index in [1.165, 1.54) is 5.56 Å². The van der Waals surface area contributed by atoms with Gasteiger partial charge >= 0.3 is 0 Å². The molecule has 0 radical (unpaired) electrons. The number of nitrogens with zero attached hydrogens (tertiary/aromatic N) is 1. The Morgan fingerprint density at radius 2 is 1.80 bits per heavy atom. The van der Waals surface area contributed by atoms with Crippen molar-refractivity contribution in [3.05, 3.63) is 65.2 Å². The van der Waals surface area contributed by atoms with E-state index < -0.39 is 0 Å². The third kappa shape index (κ3) is 6.48. The van der Waals surface area contributed by atoms with E-state index in [9.17, 15) is 9.59 Å². The second-order valence-corrected chi connectivity index (χ2v) is 5.85. The van der Waals surface area contributed by atoms with Gasteiger partial charge in [-0.3, -0.25) is 9.59 Å². The van der Waals surface area contributed by atoms with Crippen molar-refractivity contribution in [3.63, 3.8) is 0 Å². The Morgan fingerprint density at radius 1 is 1.04 bits per heavy atom. The Kier molecular flexibility index (Phi) is 6.73. The summed E-state index contributed by atoms with van der Waals surface area (Å²) in [6.45, 7) is 2.40. The molecule has 0 saturated heterocycles. The van der Waals surface area contributed by atoms with Crippen LogP contribution in [0.25, 0.3) is 0 Å². The highest BCUT2D eigenvalue weighted by Gasteiger charge is 2.04. The van der Waals surface area contributed by atoms with Crippen molar-refractivity contribution >= 4 is 17.5 Å². The first-order valence-electron chi connectivity index (χ1n) is 8.15. The quantitative estimate of drug-likeness (QED) is 0.816. The van der Waals surface area contributed by atoms with E-state index in [2.05, 4.69) is 16.7 Å². The zero-order chi connectivity index (χ0) is 18.1. The van der Waals surface area contributed by atoms with Crippen LogP contribution in [0.2, 0.25) is 0 Å². The summed E-state index contributed by atoms with van der Waals surface area (Å²) in [6.07, 6.45) is 0.987. The molecule has 25 heavy (non-hydrogen) atoms. The first kappa shape index (κ1) is 18.2. The SMILES string of the molecule is Cc1cccc(CCC(=O)Nc2ccc(CNC(=O)CC#N)cc2)c1. The zero-order valence-corrected chi connectivity index (χ0v) is 14.2. The molecule has 2 aromatic carbocycles.